The lowest BCUT2D eigenvalue weighted by molar-refractivity contribution is 0.0694. The molecule has 0 fully saturated rings. The Labute approximate surface area is 89.7 Å². The molecule has 1 rings (SSSR count). The van der Waals surface area contributed by atoms with Gasteiger partial charge in [0.15, 0.2) is 0 Å². The Morgan fingerprint density at radius 2 is 2.27 bits per heavy atom. The molecule has 0 saturated heterocycles. The Balaban J connectivity index is 3.39. The summed E-state index contributed by atoms with van der Waals surface area (Å²) in [5.41, 5.74) is -0.225. The van der Waals surface area contributed by atoms with Crippen LogP contribution in [0.15, 0.2) is 6.20 Å². The largest absolute Gasteiger partial charge is 0.478 e. The second-order valence-electron chi connectivity index (χ2n) is 2.90. The van der Waals surface area contributed by atoms with Gasteiger partial charge in [0.1, 0.15) is 5.69 Å². The average molecular weight is 236 g/mol. The zero-order chi connectivity index (χ0) is 11.6. The molecule has 0 saturated carbocycles. The molecule has 1 aromatic heterocycles. The van der Waals surface area contributed by atoms with Gasteiger partial charge in [-0.1, -0.05) is 0 Å². The van der Waals surface area contributed by atoms with Crippen LogP contribution in [0.1, 0.15) is 33.6 Å². The number of aromatic nitrogens is 1. The third kappa shape index (κ3) is 2.23. The van der Waals surface area contributed by atoms with Gasteiger partial charge in [0, 0.05) is 12.1 Å². The summed E-state index contributed by atoms with van der Waals surface area (Å²) in [6.45, 7) is 1.39. The van der Waals surface area contributed by atoms with Gasteiger partial charge in [-0.25, -0.2) is 13.6 Å². The molecule has 6 heteroatoms. The number of hydrogen-bond donors (Lipinski definition) is 1. The van der Waals surface area contributed by atoms with Crippen LogP contribution in [0.2, 0.25) is 0 Å². The molecule has 3 nitrogen and oxygen atoms in total. The first-order valence-corrected chi connectivity index (χ1v) is 4.58. The van der Waals surface area contributed by atoms with Gasteiger partial charge >= 0.3 is 5.97 Å². The molecule has 0 aliphatic heterocycles. The van der Waals surface area contributed by atoms with Crippen LogP contribution in [0, 0.1) is 6.92 Å². The molecular formula is C9H8ClF2NO2. The van der Waals surface area contributed by atoms with Crippen LogP contribution in [0.3, 0.4) is 0 Å². The lowest BCUT2D eigenvalue weighted by atomic mass is 10.0. The summed E-state index contributed by atoms with van der Waals surface area (Å²) in [7, 11) is 0. The minimum atomic E-state index is -2.73. The van der Waals surface area contributed by atoms with Crippen molar-refractivity contribution in [3.05, 3.63) is 28.6 Å². The molecule has 1 aromatic rings. The van der Waals surface area contributed by atoms with Crippen LogP contribution in [-0.4, -0.2) is 16.1 Å². The van der Waals surface area contributed by atoms with Crippen LogP contribution in [-0.2, 0) is 5.88 Å². The molecule has 1 heterocycles. The summed E-state index contributed by atoms with van der Waals surface area (Å²) in [5.74, 6) is -1.35. The Hall–Kier alpha value is -1.23. The summed E-state index contributed by atoms with van der Waals surface area (Å²) in [5, 5.41) is 8.76. The SMILES string of the molecule is Cc1c(C(F)F)ncc(C(=O)O)c1CCl. The van der Waals surface area contributed by atoms with Gasteiger partial charge in [-0.2, -0.15) is 0 Å². The lowest BCUT2D eigenvalue weighted by Crippen LogP contribution is -2.08. The summed E-state index contributed by atoms with van der Waals surface area (Å²) in [6, 6.07) is 0. The van der Waals surface area contributed by atoms with Gasteiger partial charge < -0.3 is 5.11 Å². The zero-order valence-electron chi connectivity index (χ0n) is 7.80. The van der Waals surface area contributed by atoms with Gasteiger partial charge in [0.2, 0.25) is 0 Å². The number of carbonyl (C=O) groups is 1. The molecule has 0 aliphatic carbocycles. The number of hydrogen-bond acceptors (Lipinski definition) is 2. The van der Waals surface area contributed by atoms with E-state index in [1.807, 2.05) is 0 Å². The Kier molecular flexibility index (Phi) is 3.57. The number of carboxylic acids is 1. The molecule has 0 radical (unpaired) electrons. The number of pyridine rings is 1. The van der Waals surface area contributed by atoms with Crippen LogP contribution < -0.4 is 0 Å². The van der Waals surface area contributed by atoms with Crippen molar-refractivity contribution in [1.29, 1.82) is 0 Å². The maximum absolute atomic E-state index is 12.4. The maximum Gasteiger partial charge on any atom is 0.337 e. The fraction of sp³-hybridized carbons (Fsp3) is 0.333. The number of nitrogens with zero attached hydrogens (tertiary/aromatic N) is 1. The van der Waals surface area contributed by atoms with E-state index in [-0.39, 0.29) is 22.6 Å². The predicted molar refractivity (Wildman–Crippen MR) is 50.4 cm³/mol. The molecule has 0 spiro atoms. The highest BCUT2D eigenvalue weighted by Crippen LogP contribution is 2.25. The highest BCUT2D eigenvalue weighted by Gasteiger charge is 2.20. The van der Waals surface area contributed by atoms with E-state index >= 15 is 0 Å². The van der Waals surface area contributed by atoms with E-state index in [9.17, 15) is 13.6 Å². The van der Waals surface area contributed by atoms with Crippen molar-refractivity contribution < 1.29 is 18.7 Å². The standard InChI is InChI=1S/C9H8ClF2NO2/c1-4-5(2-10)6(9(14)15)3-13-7(4)8(11)12/h3,8H,2H2,1H3,(H,14,15). The smallest absolute Gasteiger partial charge is 0.337 e. The number of rotatable bonds is 3. The van der Waals surface area contributed by atoms with Crippen molar-refractivity contribution in [3.8, 4) is 0 Å². The van der Waals surface area contributed by atoms with E-state index in [1.165, 1.54) is 6.92 Å². The van der Waals surface area contributed by atoms with E-state index in [0.717, 1.165) is 6.20 Å². The van der Waals surface area contributed by atoms with Crippen molar-refractivity contribution in [3.63, 3.8) is 0 Å². The molecule has 0 atom stereocenters. The molecule has 0 bridgehead atoms. The molecule has 15 heavy (non-hydrogen) atoms. The number of aromatic carboxylic acids is 1. The summed E-state index contributed by atoms with van der Waals surface area (Å²) >= 11 is 5.52. The molecule has 0 aromatic carbocycles. The maximum atomic E-state index is 12.4. The molecule has 82 valence electrons. The second-order valence-corrected chi connectivity index (χ2v) is 3.17. The minimum absolute atomic E-state index is 0.129. The second kappa shape index (κ2) is 4.53. The number of carboxylic acid groups (broad SMARTS) is 1. The van der Waals surface area contributed by atoms with E-state index in [2.05, 4.69) is 4.98 Å². The Morgan fingerprint density at radius 1 is 1.67 bits per heavy atom. The lowest BCUT2D eigenvalue weighted by Gasteiger charge is -2.10. The highest BCUT2D eigenvalue weighted by atomic mass is 35.5. The van der Waals surface area contributed by atoms with Gasteiger partial charge in [-0.15, -0.1) is 11.6 Å². The highest BCUT2D eigenvalue weighted by molar-refractivity contribution is 6.17. The third-order valence-electron chi connectivity index (χ3n) is 2.07. The van der Waals surface area contributed by atoms with Crippen molar-refractivity contribution in [2.75, 3.05) is 0 Å². The first-order valence-electron chi connectivity index (χ1n) is 4.04. The van der Waals surface area contributed by atoms with Crippen molar-refractivity contribution in [2.24, 2.45) is 0 Å². The van der Waals surface area contributed by atoms with E-state index in [0.29, 0.717) is 0 Å². The number of alkyl halides is 3. The summed E-state index contributed by atoms with van der Waals surface area (Å²) in [6.07, 6.45) is -1.82. The van der Waals surface area contributed by atoms with Crippen LogP contribution in [0.25, 0.3) is 0 Å². The predicted octanol–water partition coefficient (Wildman–Crippen LogP) is 2.76. The molecule has 0 unspecified atom stereocenters. The van der Waals surface area contributed by atoms with E-state index in [4.69, 9.17) is 16.7 Å². The van der Waals surface area contributed by atoms with Crippen LogP contribution in [0.4, 0.5) is 8.78 Å². The first-order chi connectivity index (χ1) is 6.99. The first kappa shape index (κ1) is 11.8. The van der Waals surface area contributed by atoms with Crippen molar-refractivity contribution in [1.82, 2.24) is 4.98 Å². The normalized spacial score (nSPS) is 10.7. The minimum Gasteiger partial charge on any atom is -0.478 e. The summed E-state index contributed by atoms with van der Waals surface area (Å²) in [4.78, 5) is 14.1. The molecule has 1 N–H and O–H groups in total. The zero-order valence-corrected chi connectivity index (χ0v) is 8.55. The van der Waals surface area contributed by atoms with Crippen LogP contribution >= 0.6 is 11.6 Å². The van der Waals surface area contributed by atoms with E-state index < -0.39 is 18.1 Å². The van der Waals surface area contributed by atoms with Crippen LogP contribution in [0.5, 0.6) is 0 Å². The topological polar surface area (TPSA) is 50.2 Å². The fourth-order valence-corrected chi connectivity index (χ4v) is 1.59. The Morgan fingerprint density at radius 3 is 2.67 bits per heavy atom. The van der Waals surface area contributed by atoms with Gasteiger partial charge in [0.05, 0.1) is 5.56 Å². The molecule has 0 aliphatic rings. The third-order valence-corrected chi connectivity index (χ3v) is 2.33. The number of halogens is 3. The van der Waals surface area contributed by atoms with Crippen molar-refractivity contribution in [2.45, 2.75) is 19.2 Å². The van der Waals surface area contributed by atoms with E-state index in [1.54, 1.807) is 0 Å². The Bertz CT molecular complexity index is 396. The average Bonchev–Trinajstić information content (AvgIpc) is 2.16. The summed E-state index contributed by atoms with van der Waals surface area (Å²) < 4.78 is 24.8. The monoisotopic (exact) mass is 235 g/mol. The molecule has 0 amide bonds. The van der Waals surface area contributed by atoms with Crippen molar-refractivity contribution >= 4 is 17.6 Å². The van der Waals surface area contributed by atoms with Gasteiger partial charge in [-0.3, -0.25) is 4.98 Å². The van der Waals surface area contributed by atoms with Gasteiger partial charge in [0.25, 0.3) is 6.43 Å². The van der Waals surface area contributed by atoms with Gasteiger partial charge in [-0.05, 0) is 18.1 Å². The quantitative estimate of drug-likeness (QED) is 0.820. The molecular weight excluding hydrogens is 228 g/mol. The fourth-order valence-electron chi connectivity index (χ4n) is 1.24.